The first kappa shape index (κ1) is 73.1. The lowest BCUT2D eigenvalue weighted by molar-refractivity contribution is -0.167. The fraction of sp³-hybridized carbons (Fsp3) is 0.704. The molecule has 0 heterocycles. The molecule has 0 fully saturated rings. The third kappa shape index (κ3) is 62.8. The molecule has 77 heavy (non-hydrogen) atoms. The van der Waals surface area contributed by atoms with E-state index in [1.807, 2.05) is 0 Å². The van der Waals surface area contributed by atoms with Crippen molar-refractivity contribution in [2.24, 2.45) is 0 Å². The van der Waals surface area contributed by atoms with Gasteiger partial charge in [-0.15, -0.1) is 0 Å². The van der Waals surface area contributed by atoms with Crippen molar-refractivity contribution in [2.75, 3.05) is 13.2 Å². The Hall–Kier alpha value is -3.93. The molecule has 0 N–H and O–H groups in total. The van der Waals surface area contributed by atoms with Crippen molar-refractivity contribution in [1.82, 2.24) is 0 Å². The lowest BCUT2D eigenvalue weighted by atomic mass is 10.0. The number of ether oxygens (including phenoxy) is 3. The Balaban J connectivity index is 4.38. The fourth-order valence-electron chi connectivity index (χ4n) is 8.89. The molecule has 6 nitrogen and oxygen atoms in total. The van der Waals surface area contributed by atoms with Crippen LogP contribution in [-0.2, 0) is 28.6 Å². The third-order valence-corrected chi connectivity index (χ3v) is 13.7. The highest BCUT2D eigenvalue weighted by molar-refractivity contribution is 5.71. The summed E-state index contributed by atoms with van der Waals surface area (Å²) in [4.78, 5) is 38.3. The van der Waals surface area contributed by atoms with Gasteiger partial charge in [0, 0.05) is 19.3 Å². The van der Waals surface area contributed by atoms with Crippen molar-refractivity contribution in [1.29, 1.82) is 0 Å². The summed E-state index contributed by atoms with van der Waals surface area (Å²) in [5.41, 5.74) is 0. The molecule has 0 aliphatic heterocycles. The maximum absolute atomic E-state index is 12.9. The highest BCUT2D eigenvalue weighted by Gasteiger charge is 2.19. The van der Waals surface area contributed by atoms with Crippen LogP contribution in [0.4, 0.5) is 0 Å². The number of esters is 3. The molecule has 440 valence electrons. The molecule has 1 unspecified atom stereocenters. The van der Waals surface area contributed by atoms with E-state index in [9.17, 15) is 14.4 Å². The molecule has 1 atom stereocenters. The molecule has 0 rings (SSSR count). The van der Waals surface area contributed by atoms with E-state index < -0.39 is 6.10 Å². The normalized spacial score (nSPS) is 12.8. The van der Waals surface area contributed by atoms with Gasteiger partial charge in [-0.05, 0) is 122 Å². The predicted molar refractivity (Wildman–Crippen MR) is 334 cm³/mol. The highest BCUT2D eigenvalue weighted by atomic mass is 16.6. The second-order valence-corrected chi connectivity index (χ2v) is 21.3. The van der Waals surface area contributed by atoms with Gasteiger partial charge in [0.25, 0.3) is 0 Å². The first-order chi connectivity index (χ1) is 38.0. The Kier molecular flexibility index (Phi) is 61.3. The van der Waals surface area contributed by atoms with Crippen LogP contribution in [0.3, 0.4) is 0 Å². The number of rotatable bonds is 58. The summed E-state index contributed by atoms with van der Waals surface area (Å²) >= 11 is 0. The van der Waals surface area contributed by atoms with E-state index in [0.717, 1.165) is 103 Å². The van der Waals surface area contributed by atoms with Crippen LogP contribution in [0.25, 0.3) is 0 Å². The van der Waals surface area contributed by atoms with E-state index in [1.54, 1.807) is 0 Å². The van der Waals surface area contributed by atoms with Crippen molar-refractivity contribution < 1.29 is 28.6 Å². The Labute approximate surface area is 476 Å². The quantitative estimate of drug-likeness (QED) is 0.0261. The zero-order valence-corrected chi connectivity index (χ0v) is 50.4. The largest absolute Gasteiger partial charge is 0.462 e. The minimum atomic E-state index is -0.814. The second-order valence-electron chi connectivity index (χ2n) is 21.3. The zero-order chi connectivity index (χ0) is 55.7. The maximum Gasteiger partial charge on any atom is 0.306 e. The SMILES string of the molecule is CC/C=C\C/C=C\C/C=C\C/C=C\C/C=C\CCCC(=O)OC(COC(=O)CCCCCCC/C=C\CCCCCCCC)COC(=O)CCCCCCCCCCCCCC/C=C\C/C=C\C/C=C\CCCCCCC. The summed E-state index contributed by atoms with van der Waals surface area (Å²) in [5.74, 6) is -0.967. The van der Waals surface area contributed by atoms with Gasteiger partial charge in [-0.25, -0.2) is 0 Å². The number of allylic oxidation sites excluding steroid dienone is 18. The molecule has 0 saturated heterocycles. The van der Waals surface area contributed by atoms with Crippen LogP contribution < -0.4 is 0 Å². The Morgan fingerprint density at radius 3 is 0.844 bits per heavy atom. The lowest BCUT2D eigenvalue weighted by Gasteiger charge is -2.18. The molecule has 0 saturated carbocycles. The van der Waals surface area contributed by atoms with Crippen molar-refractivity contribution in [3.05, 3.63) is 109 Å². The maximum atomic E-state index is 12.9. The standard InChI is InChI=1S/C71H120O6/c1-4-7-10-13-16-19-22-25-28-30-31-32-33-34-35-36-37-38-39-41-43-46-49-52-55-58-61-64-70(73)76-67-68(66-75-69(72)63-60-57-54-51-48-45-42-27-24-21-18-15-12-9-6-3)77-71(74)65-62-59-56-53-50-47-44-40-29-26-23-20-17-14-11-8-5-2/h8,11,17,20,22,25-27,29-31,33-34,42,44,47,53,56,68H,4-7,9-10,12-16,18-19,21,23-24,28,32,35-41,43,45-46,48-52,54-55,57-67H2,1-3H3/b11-8-,20-17-,25-22-,29-26-,31-30-,34-33-,42-27-,47-44-,56-53-. The van der Waals surface area contributed by atoms with E-state index in [2.05, 4.69) is 130 Å². The van der Waals surface area contributed by atoms with Crippen LogP contribution in [0.15, 0.2) is 109 Å². The second kappa shape index (κ2) is 64.6. The van der Waals surface area contributed by atoms with Crippen molar-refractivity contribution in [3.8, 4) is 0 Å². The van der Waals surface area contributed by atoms with Crippen LogP contribution in [-0.4, -0.2) is 37.2 Å². The average molecular weight is 1070 g/mol. The molecule has 0 spiro atoms. The Morgan fingerprint density at radius 2 is 0.519 bits per heavy atom. The topological polar surface area (TPSA) is 78.9 Å². The molecule has 0 aromatic carbocycles. The van der Waals surface area contributed by atoms with Gasteiger partial charge in [0.1, 0.15) is 13.2 Å². The average Bonchev–Trinajstić information content (AvgIpc) is 3.43. The van der Waals surface area contributed by atoms with Gasteiger partial charge in [-0.2, -0.15) is 0 Å². The highest BCUT2D eigenvalue weighted by Crippen LogP contribution is 2.15. The van der Waals surface area contributed by atoms with Gasteiger partial charge >= 0.3 is 17.9 Å². The fourth-order valence-corrected chi connectivity index (χ4v) is 8.89. The van der Waals surface area contributed by atoms with Gasteiger partial charge in [-0.3, -0.25) is 14.4 Å². The molecule has 0 aliphatic rings. The van der Waals surface area contributed by atoms with E-state index >= 15 is 0 Å². The number of unbranched alkanes of at least 4 members (excludes halogenated alkanes) is 29. The van der Waals surface area contributed by atoms with E-state index in [-0.39, 0.29) is 37.5 Å². The summed E-state index contributed by atoms with van der Waals surface area (Å²) in [6.07, 6.45) is 88.2. The summed E-state index contributed by atoms with van der Waals surface area (Å²) < 4.78 is 16.9. The molecule has 0 amide bonds. The minimum Gasteiger partial charge on any atom is -0.462 e. The van der Waals surface area contributed by atoms with Crippen molar-refractivity contribution in [2.45, 2.75) is 309 Å². The van der Waals surface area contributed by atoms with Gasteiger partial charge in [0.2, 0.25) is 0 Å². The van der Waals surface area contributed by atoms with Gasteiger partial charge in [0.05, 0.1) is 0 Å². The van der Waals surface area contributed by atoms with Crippen LogP contribution >= 0.6 is 0 Å². The van der Waals surface area contributed by atoms with Crippen LogP contribution in [0.5, 0.6) is 0 Å². The zero-order valence-electron chi connectivity index (χ0n) is 50.4. The van der Waals surface area contributed by atoms with Gasteiger partial charge in [0.15, 0.2) is 6.10 Å². The number of carbonyl (C=O) groups excluding carboxylic acids is 3. The van der Waals surface area contributed by atoms with Crippen LogP contribution in [0.2, 0.25) is 0 Å². The molecular weight excluding hydrogens is 949 g/mol. The van der Waals surface area contributed by atoms with E-state index in [0.29, 0.717) is 19.3 Å². The number of carbonyl (C=O) groups is 3. The van der Waals surface area contributed by atoms with Crippen LogP contribution in [0.1, 0.15) is 303 Å². The molecule has 0 aliphatic carbocycles. The molecule has 6 heteroatoms. The Bertz CT molecular complexity index is 1560. The summed E-state index contributed by atoms with van der Waals surface area (Å²) in [6.45, 7) is 6.47. The molecule has 0 aromatic rings. The summed E-state index contributed by atoms with van der Waals surface area (Å²) in [6, 6.07) is 0. The smallest absolute Gasteiger partial charge is 0.306 e. The van der Waals surface area contributed by atoms with Crippen molar-refractivity contribution >= 4 is 17.9 Å². The first-order valence-corrected chi connectivity index (χ1v) is 32.4. The molecule has 0 radical (unpaired) electrons. The third-order valence-electron chi connectivity index (χ3n) is 13.7. The molecule has 0 bridgehead atoms. The van der Waals surface area contributed by atoms with Gasteiger partial charge in [-0.1, -0.05) is 271 Å². The lowest BCUT2D eigenvalue weighted by Crippen LogP contribution is -2.30. The Morgan fingerprint density at radius 1 is 0.273 bits per heavy atom. The summed E-state index contributed by atoms with van der Waals surface area (Å²) in [5, 5.41) is 0. The monoisotopic (exact) mass is 1070 g/mol. The first-order valence-electron chi connectivity index (χ1n) is 32.4. The summed E-state index contributed by atoms with van der Waals surface area (Å²) in [7, 11) is 0. The van der Waals surface area contributed by atoms with Gasteiger partial charge < -0.3 is 14.2 Å². The van der Waals surface area contributed by atoms with E-state index in [1.165, 1.54) is 154 Å². The molecular formula is C71H120O6. The minimum absolute atomic E-state index is 0.104. The number of hydrogen-bond acceptors (Lipinski definition) is 6. The molecule has 0 aromatic heterocycles. The number of hydrogen-bond donors (Lipinski definition) is 0. The van der Waals surface area contributed by atoms with E-state index in [4.69, 9.17) is 14.2 Å². The van der Waals surface area contributed by atoms with Crippen LogP contribution in [0, 0.1) is 0 Å². The van der Waals surface area contributed by atoms with Crippen molar-refractivity contribution in [3.63, 3.8) is 0 Å². The predicted octanol–water partition coefficient (Wildman–Crippen LogP) is 22.2.